The summed E-state index contributed by atoms with van der Waals surface area (Å²) in [6.45, 7) is 13.1. The van der Waals surface area contributed by atoms with Gasteiger partial charge in [-0.05, 0) is 40.0 Å². The maximum atomic E-state index is 6.15. The summed E-state index contributed by atoms with van der Waals surface area (Å²) < 4.78 is 35.8. The van der Waals surface area contributed by atoms with Crippen LogP contribution in [0.1, 0.15) is 48.0 Å². The van der Waals surface area contributed by atoms with Gasteiger partial charge in [-0.15, -0.1) is 0 Å². The van der Waals surface area contributed by atoms with Crippen LogP contribution in [0.15, 0.2) is 0 Å². The zero-order valence-electron chi connectivity index (χ0n) is 15.0. The molecule has 3 aliphatic heterocycles. The van der Waals surface area contributed by atoms with Gasteiger partial charge >= 0.3 is 0 Å². The standard InChI is InChI=1S/C17H30O6/c1-10(2)7-8-18-13-12(11-9-19-16(3,4)21-11)20-15-14(13)22-17(5,6)23-15/h10-15H,7-9H2,1-6H3/t11-,12-,13+,14-,15-/m1/s1. The minimum Gasteiger partial charge on any atom is -0.372 e. The largest absolute Gasteiger partial charge is 0.372 e. The van der Waals surface area contributed by atoms with Crippen molar-refractivity contribution >= 4 is 0 Å². The first-order valence-electron chi connectivity index (χ1n) is 8.61. The van der Waals surface area contributed by atoms with Gasteiger partial charge < -0.3 is 28.4 Å². The first kappa shape index (κ1) is 17.6. The molecule has 3 saturated heterocycles. The first-order valence-corrected chi connectivity index (χ1v) is 8.61. The van der Waals surface area contributed by atoms with Crippen LogP contribution < -0.4 is 0 Å². The Kier molecular flexibility index (Phi) is 4.77. The van der Waals surface area contributed by atoms with E-state index in [4.69, 9.17) is 28.4 Å². The highest BCUT2D eigenvalue weighted by Gasteiger charge is 2.58. The molecule has 0 unspecified atom stereocenters. The molecule has 134 valence electrons. The van der Waals surface area contributed by atoms with Gasteiger partial charge in [0.25, 0.3) is 0 Å². The number of hydrogen-bond acceptors (Lipinski definition) is 6. The molecule has 0 aromatic heterocycles. The minimum absolute atomic E-state index is 0.171. The summed E-state index contributed by atoms with van der Waals surface area (Å²) in [5, 5.41) is 0. The summed E-state index contributed by atoms with van der Waals surface area (Å²) in [6.07, 6.45) is -0.257. The lowest BCUT2D eigenvalue weighted by molar-refractivity contribution is -0.236. The van der Waals surface area contributed by atoms with E-state index in [2.05, 4.69) is 13.8 Å². The molecule has 0 saturated carbocycles. The summed E-state index contributed by atoms with van der Waals surface area (Å²) in [5.41, 5.74) is 0. The van der Waals surface area contributed by atoms with Crippen molar-refractivity contribution < 1.29 is 28.4 Å². The van der Waals surface area contributed by atoms with Crippen molar-refractivity contribution in [2.45, 2.75) is 90.2 Å². The van der Waals surface area contributed by atoms with E-state index in [1.165, 1.54) is 0 Å². The molecule has 3 aliphatic rings. The van der Waals surface area contributed by atoms with Gasteiger partial charge in [0, 0.05) is 6.61 Å². The molecule has 0 N–H and O–H groups in total. The van der Waals surface area contributed by atoms with E-state index in [0.29, 0.717) is 19.1 Å². The van der Waals surface area contributed by atoms with Gasteiger partial charge in [-0.25, -0.2) is 0 Å². The molecule has 0 aliphatic carbocycles. The third kappa shape index (κ3) is 3.89. The maximum Gasteiger partial charge on any atom is 0.190 e. The Morgan fingerprint density at radius 3 is 2.35 bits per heavy atom. The normalized spacial score (nSPS) is 41.6. The van der Waals surface area contributed by atoms with Crippen LogP contribution in [0.4, 0.5) is 0 Å². The van der Waals surface area contributed by atoms with E-state index in [0.717, 1.165) is 6.42 Å². The van der Waals surface area contributed by atoms with Crippen molar-refractivity contribution in [2.24, 2.45) is 5.92 Å². The van der Waals surface area contributed by atoms with Crippen LogP contribution >= 0.6 is 0 Å². The molecular weight excluding hydrogens is 300 g/mol. The van der Waals surface area contributed by atoms with Gasteiger partial charge in [0.2, 0.25) is 0 Å². The van der Waals surface area contributed by atoms with Crippen molar-refractivity contribution in [2.75, 3.05) is 13.2 Å². The van der Waals surface area contributed by atoms with Crippen LogP contribution in [0.3, 0.4) is 0 Å². The molecule has 5 atom stereocenters. The van der Waals surface area contributed by atoms with E-state index >= 15 is 0 Å². The molecule has 0 aromatic rings. The fourth-order valence-corrected chi connectivity index (χ4v) is 3.31. The van der Waals surface area contributed by atoms with Crippen LogP contribution in [-0.4, -0.2) is 55.5 Å². The monoisotopic (exact) mass is 330 g/mol. The molecule has 0 amide bonds. The SMILES string of the molecule is CC(C)CCO[C@@H]1[C@H]2OC(C)(C)O[C@H]2O[C@@H]1[C@H]1COC(C)(C)O1. The molecule has 6 nitrogen and oxygen atoms in total. The van der Waals surface area contributed by atoms with Crippen molar-refractivity contribution in [1.82, 2.24) is 0 Å². The molecule has 0 aromatic carbocycles. The lowest BCUT2D eigenvalue weighted by Gasteiger charge is -2.29. The second kappa shape index (κ2) is 6.24. The van der Waals surface area contributed by atoms with Crippen molar-refractivity contribution in [3.63, 3.8) is 0 Å². The summed E-state index contributed by atoms with van der Waals surface area (Å²) >= 11 is 0. The molecule has 3 rings (SSSR count). The van der Waals surface area contributed by atoms with E-state index in [-0.39, 0.29) is 24.4 Å². The maximum absolute atomic E-state index is 6.15. The van der Waals surface area contributed by atoms with Gasteiger partial charge in [-0.3, -0.25) is 0 Å². The van der Waals surface area contributed by atoms with Crippen molar-refractivity contribution in [3.05, 3.63) is 0 Å². The van der Waals surface area contributed by atoms with Crippen LogP contribution in [-0.2, 0) is 28.4 Å². The molecule has 0 radical (unpaired) electrons. The molecule has 0 bridgehead atoms. The van der Waals surface area contributed by atoms with E-state index in [9.17, 15) is 0 Å². The Morgan fingerprint density at radius 2 is 1.74 bits per heavy atom. The fraction of sp³-hybridized carbons (Fsp3) is 1.00. The Hall–Kier alpha value is -0.240. The Labute approximate surface area is 138 Å². The number of ether oxygens (including phenoxy) is 6. The van der Waals surface area contributed by atoms with Crippen LogP contribution in [0.5, 0.6) is 0 Å². The van der Waals surface area contributed by atoms with Gasteiger partial charge in [-0.1, -0.05) is 13.8 Å². The highest BCUT2D eigenvalue weighted by atomic mass is 16.8. The fourth-order valence-electron chi connectivity index (χ4n) is 3.31. The number of fused-ring (bicyclic) bond motifs is 1. The van der Waals surface area contributed by atoms with Gasteiger partial charge in [0.15, 0.2) is 17.9 Å². The number of rotatable bonds is 5. The van der Waals surface area contributed by atoms with E-state index in [1.54, 1.807) is 0 Å². The topological polar surface area (TPSA) is 55.4 Å². The molecule has 0 spiro atoms. The predicted molar refractivity (Wildman–Crippen MR) is 82.8 cm³/mol. The molecule has 3 heterocycles. The Balaban J connectivity index is 1.68. The van der Waals surface area contributed by atoms with Gasteiger partial charge in [0.05, 0.1) is 6.61 Å². The summed E-state index contributed by atoms with van der Waals surface area (Å²) in [6, 6.07) is 0. The molecule has 6 heteroatoms. The highest BCUT2D eigenvalue weighted by molar-refractivity contribution is 4.98. The Morgan fingerprint density at radius 1 is 1.00 bits per heavy atom. The predicted octanol–water partition coefficient (Wildman–Crippen LogP) is 2.45. The number of hydrogen-bond donors (Lipinski definition) is 0. The first-order chi connectivity index (χ1) is 10.7. The molecule has 23 heavy (non-hydrogen) atoms. The van der Waals surface area contributed by atoms with Crippen LogP contribution in [0.25, 0.3) is 0 Å². The minimum atomic E-state index is -0.647. The van der Waals surface area contributed by atoms with Gasteiger partial charge in [0.1, 0.15) is 24.4 Å². The van der Waals surface area contributed by atoms with Gasteiger partial charge in [-0.2, -0.15) is 0 Å². The Bertz CT molecular complexity index is 421. The van der Waals surface area contributed by atoms with Crippen molar-refractivity contribution in [1.29, 1.82) is 0 Å². The lowest BCUT2D eigenvalue weighted by atomic mass is 10.1. The third-order valence-corrected chi connectivity index (χ3v) is 4.43. The lowest BCUT2D eigenvalue weighted by Crippen LogP contribution is -2.44. The average Bonchev–Trinajstić information content (AvgIpc) is 3.00. The summed E-state index contributed by atoms with van der Waals surface area (Å²) in [7, 11) is 0. The summed E-state index contributed by atoms with van der Waals surface area (Å²) in [5.74, 6) is -0.643. The zero-order chi connectivity index (χ0) is 16.8. The van der Waals surface area contributed by atoms with Crippen LogP contribution in [0, 0.1) is 5.92 Å². The third-order valence-electron chi connectivity index (χ3n) is 4.43. The highest BCUT2D eigenvalue weighted by Crippen LogP contribution is 2.41. The van der Waals surface area contributed by atoms with Crippen molar-refractivity contribution in [3.8, 4) is 0 Å². The van der Waals surface area contributed by atoms with Crippen LogP contribution in [0.2, 0.25) is 0 Å². The summed E-state index contributed by atoms with van der Waals surface area (Å²) in [4.78, 5) is 0. The quantitative estimate of drug-likeness (QED) is 0.772. The molecular formula is C17H30O6. The van der Waals surface area contributed by atoms with E-state index in [1.807, 2.05) is 27.7 Å². The smallest absolute Gasteiger partial charge is 0.190 e. The molecule has 3 fully saturated rings. The second-order valence-electron chi connectivity index (χ2n) is 7.95. The average molecular weight is 330 g/mol. The zero-order valence-corrected chi connectivity index (χ0v) is 15.0. The second-order valence-corrected chi connectivity index (χ2v) is 7.95. The van der Waals surface area contributed by atoms with E-state index < -0.39 is 17.9 Å².